The SMILES string of the molecule is N=C=C1C=CCCC1=N. The first-order valence-corrected chi connectivity index (χ1v) is 2.88. The maximum Gasteiger partial charge on any atom is 0.0558 e. The van der Waals surface area contributed by atoms with Crippen LogP contribution < -0.4 is 0 Å². The molecule has 0 saturated carbocycles. The fourth-order valence-electron chi connectivity index (χ4n) is 0.781. The number of hydrogen-bond acceptors (Lipinski definition) is 2. The molecule has 0 aromatic rings. The number of nitrogens with one attached hydrogen (secondary N) is 2. The van der Waals surface area contributed by atoms with Crippen molar-refractivity contribution in [2.45, 2.75) is 12.8 Å². The van der Waals surface area contributed by atoms with Crippen LogP contribution in [0.1, 0.15) is 12.8 Å². The van der Waals surface area contributed by atoms with Gasteiger partial charge in [0.15, 0.2) is 0 Å². The number of hydrogen-bond donors (Lipinski definition) is 2. The predicted molar refractivity (Wildman–Crippen MR) is 37.3 cm³/mol. The molecule has 0 aliphatic heterocycles. The largest absolute Gasteiger partial charge is 0.304 e. The maximum atomic E-state index is 7.28. The van der Waals surface area contributed by atoms with Crippen molar-refractivity contribution in [1.29, 1.82) is 10.8 Å². The van der Waals surface area contributed by atoms with Crippen molar-refractivity contribution >= 4 is 11.6 Å². The highest BCUT2D eigenvalue weighted by Gasteiger charge is 2.04. The summed E-state index contributed by atoms with van der Waals surface area (Å²) in [4.78, 5) is 0. The molecule has 2 heteroatoms. The summed E-state index contributed by atoms with van der Waals surface area (Å²) < 4.78 is 0. The van der Waals surface area contributed by atoms with Gasteiger partial charge in [-0.05, 0) is 24.8 Å². The average molecular weight is 120 g/mol. The van der Waals surface area contributed by atoms with Crippen molar-refractivity contribution < 1.29 is 0 Å². The van der Waals surface area contributed by atoms with E-state index in [2.05, 4.69) is 5.87 Å². The topological polar surface area (TPSA) is 47.7 Å². The molecular formula is C7H8N2. The number of rotatable bonds is 0. The molecule has 0 aromatic carbocycles. The van der Waals surface area contributed by atoms with Crippen molar-refractivity contribution in [1.82, 2.24) is 0 Å². The molecular weight excluding hydrogens is 112 g/mol. The van der Waals surface area contributed by atoms with E-state index in [1.54, 1.807) is 6.08 Å². The second-order valence-corrected chi connectivity index (χ2v) is 1.96. The van der Waals surface area contributed by atoms with Crippen LogP contribution in [-0.4, -0.2) is 11.6 Å². The van der Waals surface area contributed by atoms with Crippen molar-refractivity contribution in [2.24, 2.45) is 0 Å². The van der Waals surface area contributed by atoms with E-state index in [0.717, 1.165) is 12.8 Å². The standard InChI is InChI=1S/C7H8N2/c8-5-6-3-1-2-4-7(6)9/h1,3,8-9H,2,4H2. The molecule has 0 aromatic heterocycles. The summed E-state index contributed by atoms with van der Waals surface area (Å²) >= 11 is 0. The van der Waals surface area contributed by atoms with Gasteiger partial charge in [0.05, 0.1) is 5.57 Å². The van der Waals surface area contributed by atoms with E-state index in [4.69, 9.17) is 10.8 Å². The molecule has 2 nitrogen and oxygen atoms in total. The third kappa shape index (κ3) is 1.15. The molecule has 0 heterocycles. The molecule has 1 aliphatic rings. The first kappa shape index (κ1) is 5.99. The molecule has 0 spiro atoms. The molecule has 0 saturated heterocycles. The van der Waals surface area contributed by atoms with Gasteiger partial charge < -0.3 is 5.41 Å². The Kier molecular flexibility index (Phi) is 1.61. The predicted octanol–water partition coefficient (Wildman–Crippen LogP) is 1.53. The summed E-state index contributed by atoms with van der Waals surface area (Å²) in [7, 11) is 0. The molecule has 0 unspecified atom stereocenters. The Morgan fingerprint density at radius 2 is 2.33 bits per heavy atom. The summed E-state index contributed by atoms with van der Waals surface area (Å²) in [6.07, 6.45) is 5.44. The molecule has 46 valence electrons. The van der Waals surface area contributed by atoms with Gasteiger partial charge in [-0.3, -0.25) is 5.41 Å². The van der Waals surface area contributed by atoms with E-state index in [1.165, 1.54) is 0 Å². The minimum atomic E-state index is 0.535. The molecule has 9 heavy (non-hydrogen) atoms. The lowest BCUT2D eigenvalue weighted by molar-refractivity contribution is 1.06. The van der Waals surface area contributed by atoms with Crippen LogP contribution in [0, 0.1) is 10.8 Å². The highest BCUT2D eigenvalue weighted by molar-refractivity contribution is 6.07. The Labute approximate surface area is 53.9 Å². The van der Waals surface area contributed by atoms with Crippen LogP contribution in [0.5, 0.6) is 0 Å². The van der Waals surface area contributed by atoms with Crippen LogP contribution in [0.25, 0.3) is 0 Å². The van der Waals surface area contributed by atoms with Gasteiger partial charge in [-0.25, -0.2) is 0 Å². The second-order valence-electron chi connectivity index (χ2n) is 1.96. The fraction of sp³-hybridized carbons (Fsp3) is 0.286. The van der Waals surface area contributed by atoms with E-state index in [1.807, 2.05) is 6.08 Å². The van der Waals surface area contributed by atoms with Gasteiger partial charge in [-0.1, -0.05) is 6.08 Å². The normalized spacial score (nSPS) is 17.8. The zero-order chi connectivity index (χ0) is 6.69. The molecule has 1 aliphatic carbocycles. The first-order valence-electron chi connectivity index (χ1n) is 2.88. The van der Waals surface area contributed by atoms with Gasteiger partial charge in [0.1, 0.15) is 0 Å². The van der Waals surface area contributed by atoms with Gasteiger partial charge in [0.25, 0.3) is 0 Å². The van der Waals surface area contributed by atoms with Gasteiger partial charge in [-0.15, -0.1) is 0 Å². The van der Waals surface area contributed by atoms with Crippen molar-refractivity contribution in [3.8, 4) is 0 Å². The van der Waals surface area contributed by atoms with Gasteiger partial charge >= 0.3 is 0 Å². The van der Waals surface area contributed by atoms with Crippen LogP contribution in [0.3, 0.4) is 0 Å². The molecule has 0 bridgehead atoms. The Balaban J connectivity index is 2.94. The van der Waals surface area contributed by atoms with E-state index in [9.17, 15) is 0 Å². The van der Waals surface area contributed by atoms with E-state index < -0.39 is 0 Å². The van der Waals surface area contributed by atoms with Gasteiger partial charge in [-0.2, -0.15) is 0 Å². The van der Waals surface area contributed by atoms with Crippen LogP contribution in [0.15, 0.2) is 17.7 Å². The summed E-state index contributed by atoms with van der Waals surface area (Å²) in [6, 6.07) is 0. The Morgan fingerprint density at radius 1 is 1.56 bits per heavy atom. The van der Waals surface area contributed by atoms with Gasteiger partial charge in [0.2, 0.25) is 0 Å². The highest BCUT2D eigenvalue weighted by Crippen LogP contribution is 2.08. The smallest absolute Gasteiger partial charge is 0.0558 e. The Hall–Kier alpha value is -1.14. The van der Waals surface area contributed by atoms with E-state index in [0.29, 0.717) is 11.3 Å². The van der Waals surface area contributed by atoms with E-state index in [-0.39, 0.29) is 0 Å². The highest BCUT2D eigenvalue weighted by atomic mass is 14.4. The minimum Gasteiger partial charge on any atom is -0.304 e. The molecule has 1 rings (SSSR count). The lowest BCUT2D eigenvalue weighted by Gasteiger charge is -2.04. The average Bonchev–Trinajstić information content (AvgIpc) is 1.89. The summed E-state index contributed by atoms with van der Waals surface area (Å²) in [6.45, 7) is 0. The second kappa shape index (κ2) is 2.42. The zero-order valence-corrected chi connectivity index (χ0v) is 5.07. The summed E-state index contributed by atoms with van der Waals surface area (Å²) in [5.41, 5.74) is 1.16. The van der Waals surface area contributed by atoms with Crippen molar-refractivity contribution in [2.75, 3.05) is 0 Å². The van der Waals surface area contributed by atoms with Gasteiger partial charge in [0, 0.05) is 5.71 Å². The maximum absolute atomic E-state index is 7.28. The monoisotopic (exact) mass is 120 g/mol. The van der Waals surface area contributed by atoms with Crippen LogP contribution in [0.4, 0.5) is 0 Å². The molecule has 2 N–H and O–H groups in total. The zero-order valence-electron chi connectivity index (χ0n) is 5.07. The first-order chi connectivity index (χ1) is 4.34. The summed E-state index contributed by atoms with van der Waals surface area (Å²) in [5.74, 6) is 2.21. The molecule has 0 amide bonds. The third-order valence-electron chi connectivity index (χ3n) is 1.31. The van der Waals surface area contributed by atoms with Crippen molar-refractivity contribution in [3.05, 3.63) is 17.7 Å². The number of allylic oxidation sites excluding steroid dienone is 3. The third-order valence-corrected chi connectivity index (χ3v) is 1.31. The molecule has 0 radical (unpaired) electrons. The van der Waals surface area contributed by atoms with Crippen LogP contribution >= 0.6 is 0 Å². The van der Waals surface area contributed by atoms with Crippen molar-refractivity contribution in [3.63, 3.8) is 0 Å². The molecule has 0 atom stereocenters. The lowest BCUT2D eigenvalue weighted by Crippen LogP contribution is -2.02. The van der Waals surface area contributed by atoms with Crippen LogP contribution in [-0.2, 0) is 0 Å². The Bertz CT molecular complexity index is 207. The Morgan fingerprint density at radius 3 is 2.78 bits per heavy atom. The fourth-order valence-corrected chi connectivity index (χ4v) is 0.781. The minimum absolute atomic E-state index is 0.535. The lowest BCUT2D eigenvalue weighted by atomic mass is 10.0. The molecule has 0 fully saturated rings. The quantitative estimate of drug-likeness (QED) is 0.455. The summed E-state index contributed by atoms with van der Waals surface area (Å²) in [5, 5.41) is 14.0. The van der Waals surface area contributed by atoms with E-state index >= 15 is 0 Å². The van der Waals surface area contributed by atoms with Crippen LogP contribution in [0.2, 0.25) is 0 Å².